The zero-order valence-corrected chi connectivity index (χ0v) is 13.6. The van der Waals surface area contributed by atoms with Gasteiger partial charge in [-0.2, -0.15) is 0 Å². The lowest BCUT2D eigenvalue weighted by Gasteiger charge is -2.19. The number of hydrogen-bond donors (Lipinski definition) is 3. The highest BCUT2D eigenvalue weighted by Crippen LogP contribution is 2.30. The molecule has 0 spiro atoms. The summed E-state index contributed by atoms with van der Waals surface area (Å²) in [5.74, 6) is 1.01. The molecule has 1 unspecified atom stereocenters. The van der Waals surface area contributed by atoms with Crippen LogP contribution in [-0.2, 0) is 4.79 Å². The fourth-order valence-electron chi connectivity index (χ4n) is 1.78. The Kier molecular flexibility index (Phi) is 6.34. The maximum absolute atomic E-state index is 12.0. The van der Waals surface area contributed by atoms with E-state index in [1.807, 2.05) is 39.0 Å². The number of hydrogen-bond acceptors (Lipinski definition) is 4. The average molecular weight is 293 g/mol. The fraction of sp³-hybridized carbons (Fsp3) is 0.562. The normalized spacial score (nSPS) is 12.3. The Balaban J connectivity index is 2.71. The monoisotopic (exact) mass is 293 g/mol. The lowest BCUT2D eigenvalue weighted by atomic mass is 10.2. The first kappa shape index (κ1) is 17.1. The summed E-state index contributed by atoms with van der Waals surface area (Å²) in [5.41, 5.74) is 7.31. The SMILES string of the molecule is CC(C)CNC(=O)C(C)Nc1cccc(OC(C)C)c1N. The molecule has 0 aliphatic rings. The number of ether oxygens (including phenoxy) is 1. The molecule has 1 amide bonds. The van der Waals surface area contributed by atoms with Crippen LogP contribution in [0, 0.1) is 5.92 Å². The van der Waals surface area contributed by atoms with Crippen molar-refractivity contribution in [3.05, 3.63) is 18.2 Å². The molecule has 1 aromatic carbocycles. The Hall–Kier alpha value is -1.91. The Morgan fingerprint density at radius 3 is 2.48 bits per heavy atom. The molecule has 0 aliphatic carbocycles. The minimum absolute atomic E-state index is 0.0433. The first-order valence-corrected chi connectivity index (χ1v) is 7.40. The van der Waals surface area contributed by atoms with Crippen LogP contribution in [0.25, 0.3) is 0 Å². The van der Waals surface area contributed by atoms with E-state index in [0.717, 1.165) is 0 Å². The summed E-state index contributed by atoms with van der Waals surface area (Å²) >= 11 is 0. The van der Waals surface area contributed by atoms with Crippen molar-refractivity contribution < 1.29 is 9.53 Å². The summed E-state index contributed by atoms with van der Waals surface area (Å²) in [6.45, 7) is 10.5. The molecular weight excluding hydrogens is 266 g/mol. The summed E-state index contributed by atoms with van der Waals surface area (Å²) in [6.07, 6.45) is 0.0503. The molecule has 0 saturated carbocycles. The van der Waals surface area contributed by atoms with E-state index in [0.29, 0.717) is 29.6 Å². The molecular formula is C16H27N3O2. The molecule has 5 heteroatoms. The van der Waals surface area contributed by atoms with E-state index < -0.39 is 0 Å². The predicted molar refractivity (Wildman–Crippen MR) is 87.6 cm³/mol. The molecule has 4 N–H and O–H groups in total. The Labute approximate surface area is 127 Å². The van der Waals surface area contributed by atoms with Gasteiger partial charge >= 0.3 is 0 Å². The van der Waals surface area contributed by atoms with E-state index in [2.05, 4.69) is 24.5 Å². The molecule has 0 radical (unpaired) electrons. The van der Waals surface area contributed by atoms with Crippen molar-refractivity contribution in [3.63, 3.8) is 0 Å². The van der Waals surface area contributed by atoms with Crippen molar-refractivity contribution in [1.82, 2.24) is 5.32 Å². The molecule has 118 valence electrons. The standard InChI is InChI=1S/C16H27N3O2/c1-10(2)9-18-16(20)12(5)19-13-7-6-8-14(15(13)17)21-11(3)4/h6-8,10-12,19H,9,17H2,1-5H3,(H,18,20). The molecule has 21 heavy (non-hydrogen) atoms. The summed E-state index contributed by atoms with van der Waals surface area (Å²) in [7, 11) is 0. The van der Waals surface area contributed by atoms with Crippen LogP contribution in [0.5, 0.6) is 5.75 Å². The third-order valence-corrected chi connectivity index (χ3v) is 2.88. The lowest BCUT2D eigenvalue weighted by molar-refractivity contribution is -0.121. The van der Waals surface area contributed by atoms with Crippen LogP contribution < -0.4 is 21.1 Å². The molecule has 1 rings (SSSR count). The zero-order valence-electron chi connectivity index (χ0n) is 13.6. The smallest absolute Gasteiger partial charge is 0.242 e. The van der Waals surface area contributed by atoms with Crippen molar-refractivity contribution in [2.75, 3.05) is 17.6 Å². The van der Waals surface area contributed by atoms with Gasteiger partial charge < -0.3 is 21.1 Å². The van der Waals surface area contributed by atoms with E-state index in [-0.39, 0.29) is 18.1 Å². The van der Waals surface area contributed by atoms with Gasteiger partial charge in [0.25, 0.3) is 0 Å². The van der Waals surface area contributed by atoms with Crippen LogP contribution >= 0.6 is 0 Å². The molecule has 5 nitrogen and oxygen atoms in total. The van der Waals surface area contributed by atoms with Crippen LogP contribution in [-0.4, -0.2) is 24.6 Å². The Morgan fingerprint density at radius 1 is 1.24 bits per heavy atom. The number of rotatable bonds is 7. The number of carbonyl (C=O) groups is 1. The highest BCUT2D eigenvalue weighted by Gasteiger charge is 2.15. The number of nitrogens with two attached hydrogens (primary N) is 1. The van der Waals surface area contributed by atoms with Gasteiger partial charge in [-0.25, -0.2) is 0 Å². The van der Waals surface area contributed by atoms with Gasteiger partial charge in [0.15, 0.2) is 0 Å². The van der Waals surface area contributed by atoms with Crippen LogP contribution in [0.3, 0.4) is 0 Å². The number of nitrogens with one attached hydrogen (secondary N) is 2. The molecule has 0 bridgehead atoms. The van der Waals surface area contributed by atoms with Crippen LogP contribution in [0.4, 0.5) is 11.4 Å². The number of amides is 1. The first-order valence-electron chi connectivity index (χ1n) is 7.40. The number of para-hydroxylation sites is 1. The predicted octanol–water partition coefficient (Wildman–Crippen LogP) is 2.63. The van der Waals surface area contributed by atoms with Gasteiger partial charge in [0.05, 0.1) is 17.5 Å². The van der Waals surface area contributed by atoms with Crippen LogP contribution in [0.2, 0.25) is 0 Å². The van der Waals surface area contributed by atoms with Gasteiger partial charge in [0.1, 0.15) is 11.8 Å². The van der Waals surface area contributed by atoms with E-state index >= 15 is 0 Å². The summed E-state index contributed by atoms with van der Waals surface area (Å²) < 4.78 is 5.64. The summed E-state index contributed by atoms with van der Waals surface area (Å²) in [5, 5.41) is 6.03. The minimum atomic E-state index is -0.361. The quantitative estimate of drug-likeness (QED) is 0.675. The van der Waals surface area contributed by atoms with Crippen molar-refractivity contribution in [1.29, 1.82) is 0 Å². The molecule has 0 saturated heterocycles. The molecule has 1 aromatic rings. The van der Waals surface area contributed by atoms with Crippen molar-refractivity contribution in [2.45, 2.75) is 46.8 Å². The highest BCUT2D eigenvalue weighted by atomic mass is 16.5. The zero-order chi connectivity index (χ0) is 16.0. The van der Waals surface area contributed by atoms with E-state index in [9.17, 15) is 4.79 Å². The van der Waals surface area contributed by atoms with Crippen molar-refractivity contribution in [3.8, 4) is 5.75 Å². The summed E-state index contributed by atoms with van der Waals surface area (Å²) in [4.78, 5) is 12.0. The second-order valence-electron chi connectivity index (χ2n) is 5.89. The average Bonchev–Trinajstić information content (AvgIpc) is 2.39. The molecule has 0 heterocycles. The largest absolute Gasteiger partial charge is 0.489 e. The lowest BCUT2D eigenvalue weighted by Crippen LogP contribution is -2.39. The van der Waals surface area contributed by atoms with Crippen molar-refractivity contribution >= 4 is 17.3 Å². The second-order valence-corrected chi connectivity index (χ2v) is 5.89. The summed E-state index contributed by atoms with van der Waals surface area (Å²) in [6, 6.07) is 5.16. The van der Waals surface area contributed by atoms with Gasteiger partial charge in [0, 0.05) is 6.54 Å². The van der Waals surface area contributed by atoms with Gasteiger partial charge in [-0.05, 0) is 38.8 Å². The molecule has 0 fully saturated rings. The number of benzene rings is 1. The number of nitrogen functional groups attached to an aromatic ring is 1. The van der Waals surface area contributed by atoms with Gasteiger partial charge in [-0.15, -0.1) is 0 Å². The van der Waals surface area contributed by atoms with E-state index in [4.69, 9.17) is 10.5 Å². The van der Waals surface area contributed by atoms with Gasteiger partial charge in [-0.1, -0.05) is 19.9 Å². The maximum Gasteiger partial charge on any atom is 0.242 e. The number of anilines is 2. The third-order valence-electron chi connectivity index (χ3n) is 2.88. The van der Waals surface area contributed by atoms with Crippen LogP contribution in [0.1, 0.15) is 34.6 Å². The minimum Gasteiger partial charge on any atom is -0.489 e. The molecule has 0 aromatic heterocycles. The second kappa shape index (κ2) is 7.76. The van der Waals surface area contributed by atoms with Crippen molar-refractivity contribution in [2.24, 2.45) is 5.92 Å². The first-order chi connectivity index (χ1) is 9.81. The fourth-order valence-corrected chi connectivity index (χ4v) is 1.78. The number of carbonyl (C=O) groups excluding carboxylic acids is 1. The Morgan fingerprint density at radius 2 is 1.90 bits per heavy atom. The molecule has 1 atom stereocenters. The van der Waals surface area contributed by atoms with Gasteiger partial charge in [-0.3, -0.25) is 4.79 Å². The third kappa shape index (κ3) is 5.53. The Bertz CT molecular complexity index is 473. The highest BCUT2D eigenvalue weighted by molar-refractivity contribution is 5.86. The maximum atomic E-state index is 12.0. The topological polar surface area (TPSA) is 76.4 Å². The van der Waals surface area contributed by atoms with Crippen LogP contribution in [0.15, 0.2) is 18.2 Å². The molecule has 0 aliphatic heterocycles. The van der Waals surface area contributed by atoms with Gasteiger partial charge in [0.2, 0.25) is 5.91 Å². The van der Waals surface area contributed by atoms with E-state index in [1.54, 1.807) is 0 Å². The van der Waals surface area contributed by atoms with E-state index in [1.165, 1.54) is 0 Å².